The molecule has 1 atom stereocenters. The first-order valence-electron chi connectivity index (χ1n) is 5.21. The number of rotatable bonds is 2. The molecular formula is C11H13BrN2O3. The Morgan fingerprint density at radius 2 is 2.29 bits per heavy atom. The van der Waals surface area contributed by atoms with Crippen molar-refractivity contribution in [3.8, 4) is 11.5 Å². The van der Waals surface area contributed by atoms with Crippen LogP contribution in [0.5, 0.6) is 11.5 Å². The summed E-state index contributed by atoms with van der Waals surface area (Å²) in [5.41, 5.74) is 0.833. The number of hydrogen-bond donors (Lipinski definition) is 3. The first kappa shape index (κ1) is 12.2. The average Bonchev–Trinajstić information content (AvgIpc) is 2.32. The molecule has 0 unspecified atom stereocenters. The number of phenolic OH excluding ortho intramolecular Hbond substituents is 1. The predicted octanol–water partition coefficient (Wildman–Crippen LogP) is 1.27. The van der Waals surface area contributed by atoms with Crippen LogP contribution in [0.15, 0.2) is 16.6 Å². The zero-order valence-corrected chi connectivity index (χ0v) is 10.9. The maximum atomic E-state index is 11.3. The molecule has 1 fully saturated rings. The predicted molar refractivity (Wildman–Crippen MR) is 65.9 cm³/mol. The third-order valence-corrected chi connectivity index (χ3v) is 3.21. The van der Waals surface area contributed by atoms with Crippen LogP contribution < -0.4 is 15.4 Å². The second kappa shape index (κ2) is 4.93. The number of halogens is 1. The molecule has 1 heterocycles. The molecule has 5 nitrogen and oxygen atoms in total. The van der Waals surface area contributed by atoms with Gasteiger partial charge in [0, 0.05) is 13.0 Å². The summed E-state index contributed by atoms with van der Waals surface area (Å²) in [6, 6.07) is 3.45. The molecule has 17 heavy (non-hydrogen) atoms. The average molecular weight is 301 g/mol. The van der Waals surface area contributed by atoms with E-state index in [1.165, 1.54) is 7.11 Å². The molecule has 92 valence electrons. The van der Waals surface area contributed by atoms with Gasteiger partial charge in [-0.2, -0.15) is 0 Å². The summed E-state index contributed by atoms with van der Waals surface area (Å²) in [7, 11) is 1.48. The first-order chi connectivity index (χ1) is 8.11. The molecule has 1 aliphatic rings. The lowest BCUT2D eigenvalue weighted by Gasteiger charge is -2.25. The number of methoxy groups -OCH3 is 1. The fraction of sp³-hybridized carbons (Fsp3) is 0.364. The molecule has 0 bridgehead atoms. The van der Waals surface area contributed by atoms with E-state index >= 15 is 0 Å². The van der Waals surface area contributed by atoms with Gasteiger partial charge in [-0.3, -0.25) is 10.1 Å². The van der Waals surface area contributed by atoms with Crippen LogP contribution in [-0.2, 0) is 4.79 Å². The number of carbonyl (C=O) groups is 1. The number of carbonyl (C=O) groups excluding carboxylic acids is 1. The van der Waals surface area contributed by atoms with Crippen LogP contribution in [-0.4, -0.2) is 24.7 Å². The molecule has 1 aromatic carbocycles. The molecule has 1 saturated heterocycles. The summed E-state index contributed by atoms with van der Waals surface area (Å²) < 4.78 is 5.60. The van der Waals surface area contributed by atoms with Crippen molar-refractivity contribution in [3.05, 3.63) is 22.2 Å². The molecule has 0 saturated carbocycles. The van der Waals surface area contributed by atoms with E-state index in [-0.39, 0.29) is 17.8 Å². The molecule has 0 aromatic heterocycles. The topological polar surface area (TPSA) is 70.6 Å². The quantitative estimate of drug-likeness (QED) is 0.769. The lowest BCUT2D eigenvalue weighted by molar-refractivity contribution is -0.123. The Bertz CT molecular complexity index is 451. The fourth-order valence-electron chi connectivity index (χ4n) is 1.73. The van der Waals surface area contributed by atoms with Gasteiger partial charge in [-0.15, -0.1) is 0 Å². The summed E-state index contributed by atoms with van der Waals surface area (Å²) in [5.74, 6) is 0.436. The number of benzene rings is 1. The number of hydrogen-bond acceptors (Lipinski definition) is 4. The van der Waals surface area contributed by atoms with Crippen LogP contribution in [0, 0.1) is 0 Å². The van der Waals surface area contributed by atoms with E-state index in [2.05, 4.69) is 26.6 Å². The Kier molecular flexibility index (Phi) is 3.54. The van der Waals surface area contributed by atoms with Crippen molar-refractivity contribution >= 4 is 21.8 Å². The zero-order chi connectivity index (χ0) is 12.4. The largest absolute Gasteiger partial charge is 0.503 e. The molecule has 6 heteroatoms. The van der Waals surface area contributed by atoms with Gasteiger partial charge in [0.15, 0.2) is 11.5 Å². The fourth-order valence-corrected chi connectivity index (χ4v) is 2.19. The number of amides is 1. The second-order valence-corrected chi connectivity index (χ2v) is 4.61. The molecule has 1 aliphatic heterocycles. The zero-order valence-electron chi connectivity index (χ0n) is 9.29. The third-order valence-electron chi connectivity index (χ3n) is 2.61. The van der Waals surface area contributed by atoms with Gasteiger partial charge >= 0.3 is 0 Å². The minimum absolute atomic E-state index is 0.0110. The number of aromatic hydroxyl groups is 1. The van der Waals surface area contributed by atoms with E-state index in [0.29, 0.717) is 23.2 Å². The molecule has 1 amide bonds. The smallest absolute Gasteiger partial charge is 0.222 e. The van der Waals surface area contributed by atoms with Crippen molar-refractivity contribution in [2.24, 2.45) is 0 Å². The van der Waals surface area contributed by atoms with E-state index in [1.807, 2.05) is 0 Å². The highest BCUT2D eigenvalue weighted by Gasteiger charge is 2.21. The normalized spacial score (nSPS) is 19.9. The highest BCUT2D eigenvalue weighted by Crippen LogP contribution is 2.36. The van der Waals surface area contributed by atoms with Crippen molar-refractivity contribution in [3.63, 3.8) is 0 Å². The highest BCUT2D eigenvalue weighted by atomic mass is 79.9. The summed E-state index contributed by atoms with van der Waals surface area (Å²) in [5, 5.41) is 15.7. The van der Waals surface area contributed by atoms with Gasteiger partial charge in [0.2, 0.25) is 5.91 Å². The van der Waals surface area contributed by atoms with Crippen molar-refractivity contribution in [1.82, 2.24) is 10.6 Å². The Morgan fingerprint density at radius 1 is 1.53 bits per heavy atom. The molecular weight excluding hydrogens is 288 g/mol. The SMILES string of the molecule is COc1cc([C@H]2NCCC(=O)N2)cc(Br)c1O. The molecule has 1 aromatic rings. The number of ether oxygens (including phenoxy) is 1. The van der Waals surface area contributed by atoms with Gasteiger partial charge < -0.3 is 15.2 Å². The summed E-state index contributed by atoms with van der Waals surface area (Å²) in [6.45, 7) is 0.636. The summed E-state index contributed by atoms with van der Waals surface area (Å²) >= 11 is 3.25. The van der Waals surface area contributed by atoms with Crippen LogP contribution in [0.3, 0.4) is 0 Å². The van der Waals surface area contributed by atoms with Crippen LogP contribution in [0.25, 0.3) is 0 Å². The van der Waals surface area contributed by atoms with Crippen molar-refractivity contribution in [2.75, 3.05) is 13.7 Å². The second-order valence-electron chi connectivity index (χ2n) is 3.76. The lowest BCUT2D eigenvalue weighted by Crippen LogP contribution is -2.44. The molecule has 0 radical (unpaired) electrons. The van der Waals surface area contributed by atoms with E-state index in [1.54, 1.807) is 12.1 Å². The molecule has 0 spiro atoms. The summed E-state index contributed by atoms with van der Waals surface area (Å²) in [4.78, 5) is 11.3. The Balaban J connectivity index is 2.32. The highest BCUT2D eigenvalue weighted by molar-refractivity contribution is 9.10. The van der Waals surface area contributed by atoms with Gasteiger partial charge in [-0.05, 0) is 33.6 Å². The van der Waals surface area contributed by atoms with Crippen LogP contribution in [0.1, 0.15) is 18.2 Å². The molecule has 3 N–H and O–H groups in total. The van der Waals surface area contributed by atoms with E-state index in [9.17, 15) is 9.90 Å². The Labute approximate surface area is 107 Å². The molecule has 2 rings (SSSR count). The Morgan fingerprint density at radius 3 is 2.94 bits per heavy atom. The minimum atomic E-state index is -0.248. The van der Waals surface area contributed by atoms with E-state index in [4.69, 9.17) is 4.74 Å². The Hall–Kier alpha value is -1.27. The maximum absolute atomic E-state index is 11.3. The van der Waals surface area contributed by atoms with Crippen molar-refractivity contribution < 1.29 is 14.6 Å². The monoisotopic (exact) mass is 300 g/mol. The minimum Gasteiger partial charge on any atom is -0.503 e. The van der Waals surface area contributed by atoms with Crippen LogP contribution in [0.2, 0.25) is 0 Å². The summed E-state index contributed by atoms with van der Waals surface area (Å²) in [6.07, 6.45) is 0.231. The van der Waals surface area contributed by atoms with Gasteiger partial charge in [0.05, 0.1) is 11.6 Å². The number of nitrogens with one attached hydrogen (secondary N) is 2. The van der Waals surface area contributed by atoms with Gasteiger partial charge in [-0.1, -0.05) is 0 Å². The first-order valence-corrected chi connectivity index (χ1v) is 6.00. The van der Waals surface area contributed by atoms with Gasteiger partial charge in [0.1, 0.15) is 6.17 Å². The van der Waals surface area contributed by atoms with Crippen LogP contribution in [0.4, 0.5) is 0 Å². The third kappa shape index (κ3) is 2.53. The number of phenols is 1. The lowest BCUT2D eigenvalue weighted by atomic mass is 10.1. The van der Waals surface area contributed by atoms with E-state index < -0.39 is 0 Å². The maximum Gasteiger partial charge on any atom is 0.222 e. The van der Waals surface area contributed by atoms with Gasteiger partial charge in [0.25, 0.3) is 0 Å². The van der Waals surface area contributed by atoms with Crippen molar-refractivity contribution in [1.29, 1.82) is 0 Å². The van der Waals surface area contributed by atoms with Crippen LogP contribution >= 0.6 is 15.9 Å². The molecule has 0 aliphatic carbocycles. The van der Waals surface area contributed by atoms with Crippen molar-refractivity contribution in [2.45, 2.75) is 12.6 Å². The standard InChI is InChI=1S/C11H13BrN2O3/c1-17-8-5-6(4-7(12)10(8)16)11-13-3-2-9(15)14-11/h4-5,11,13,16H,2-3H2,1H3,(H,14,15)/t11-/m0/s1. The van der Waals surface area contributed by atoms with Gasteiger partial charge in [-0.25, -0.2) is 0 Å². The van der Waals surface area contributed by atoms with E-state index in [0.717, 1.165) is 5.56 Å².